The first-order valence-electron chi connectivity index (χ1n) is 5.47. The first kappa shape index (κ1) is 12.8. The fourth-order valence-corrected chi connectivity index (χ4v) is 2.28. The predicted molar refractivity (Wildman–Crippen MR) is 69.1 cm³/mol. The van der Waals surface area contributed by atoms with E-state index in [0.717, 1.165) is 22.1 Å². The van der Waals surface area contributed by atoms with E-state index < -0.39 is 16.0 Å². The Morgan fingerprint density at radius 1 is 1.11 bits per heavy atom. The summed E-state index contributed by atoms with van der Waals surface area (Å²) in [6, 6.07) is 11.1. The standard InChI is InChI=1S/C13H13FO3S/c1-17-13-5-4-11-8-10(2-3-12(11)9-13)6-7-18(14,15)16/h2-5,8-9H,6-7H2,1H3. The van der Waals surface area contributed by atoms with E-state index in [4.69, 9.17) is 4.74 Å². The highest BCUT2D eigenvalue weighted by Crippen LogP contribution is 2.22. The molecular weight excluding hydrogens is 255 g/mol. The molecule has 0 aromatic heterocycles. The number of halogens is 1. The van der Waals surface area contributed by atoms with Crippen LogP contribution in [0, 0.1) is 0 Å². The van der Waals surface area contributed by atoms with Crippen molar-refractivity contribution in [2.45, 2.75) is 6.42 Å². The molecular formula is C13H13FO3S. The van der Waals surface area contributed by atoms with Crippen LogP contribution >= 0.6 is 0 Å². The second-order valence-electron chi connectivity index (χ2n) is 4.04. The van der Waals surface area contributed by atoms with Gasteiger partial charge in [-0.2, -0.15) is 8.42 Å². The van der Waals surface area contributed by atoms with E-state index in [0.29, 0.717) is 0 Å². The molecule has 5 heteroatoms. The molecule has 0 radical (unpaired) electrons. The van der Waals surface area contributed by atoms with Crippen molar-refractivity contribution in [1.29, 1.82) is 0 Å². The average molecular weight is 268 g/mol. The van der Waals surface area contributed by atoms with Gasteiger partial charge in [-0.25, -0.2) is 0 Å². The third kappa shape index (κ3) is 3.20. The van der Waals surface area contributed by atoms with Gasteiger partial charge in [0.1, 0.15) is 5.75 Å². The second kappa shape index (κ2) is 4.94. The van der Waals surface area contributed by atoms with Crippen LogP contribution < -0.4 is 4.74 Å². The normalized spacial score (nSPS) is 11.7. The van der Waals surface area contributed by atoms with Gasteiger partial charge in [0.15, 0.2) is 0 Å². The molecule has 0 heterocycles. The number of methoxy groups -OCH3 is 1. The van der Waals surface area contributed by atoms with Gasteiger partial charge in [0.2, 0.25) is 0 Å². The molecule has 2 aromatic rings. The average Bonchev–Trinajstić information content (AvgIpc) is 2.34. The number of aryl methyl sites for hydroxylation is 1. The molecule has 0 spiro atoms. The van der Waals surface area contributed by atoms with Crippen LogP contribution in [-0.4, -0.2) is 21.3 Å². The van der Waals surface area contributed by atoms with Crippen LogP contribution in [0.4, 0.5) is 3.89 Å². The minimum absolute atomic E-state index is 0.181. The maximum Gasteiger partial charge on any atom is 0.302 e. The highest BCUT2D eigenvalue weighted by molar-refractivity contribution is 7.86. The minimum Gasteiger partial charge on any atom is -0.497 e. The zero-order valence-corrected chi connectivity index (χ0v) is 10.7. The molecule has 2 rings (SSSR count). The van der Waals surface area contributed by atoms with Crippen LogP contribution in [0.2, 0.25) is 0 Å². The van der Waals surface area contributed by atoms with Gasteiger partial charge in [0.25, 0.3) is 0 Å². The van der Waals surface area contributed by atoms with Crippen molar-refractivity contribution in [3.05, 3.63) is 42.0 Å². The van der Waals surface area contributed by atoms with Crippen LogP contribution in [0.5, 0.6) is 5.75 Å². The molecule has 0 amide bonds. The smallest absolute Gasteiger partial charge is 0.302 e. The molecule has 0 fully saturated rings. The van der Waals surface area contributed by atoms with E-state index in [9.17, 15) is 12.3 Å². The van der Waals surface area contributed by atoms with Gasteiger partial charge in [-0.1, -0.05) is 24.3 Å². The van der Waals surface area contributed by atoms with E-state index in [1.165, 1.54) is 0 Å². The van der Waals surface area contributed by atoms with Gasteiger partial charge >= 0.3 is 10.2 Å². The quantitative estimate of drug-likeness (QED) is 0.801. The Morgan fingerprint density at radius 3 is 2.44 bits per heavy atom. The van der Waals surface area contributed by atoms with Crippen LogP contribution in [0.3, 0.4) is 0 Å². The second-order valence-corrected chi connectivity index (χ2v) is 5.53. The number of rotatable bonds is 4. The molecule has 18 heavy (non-hydrogen) atoms. The van der Waals surface area contributed by atoms with E-state index in [-0.39, 0.29) is 6.42 Å². The summed E-state index contributed by atoms with van der Waals surface area (Å²) in [4.78, 5) is 0. The molecule has 0 saturated carbocycles. The van der Waals surface area contributed by atoms with E-state index in [1.54, 1.807) is 13.2 Å². The molecule has 2 aromatic carbocycles. The van der Waals surface area contributed by atoms with Crippen molar-refractivity contribution in [2.75, 3.05) is 12.9 Å². The van der Waals surface area contributed by atoms with Crippen LogP contribution in [0.15, 0.2) is 36.4 Å². The summed E-state index contributed by atoms with van der Waals surface area (Å²) in [6.07, 6.45) is 0.181. The minimum atomic E-state index is -4.41. The van der Waals surface area contributed by atoms with Crippen LogP contribution in [-0.2, 0) is 16.6 Å². The predicted octanol–water partition coefficient (Wildman–Crippen LogP) is 2.69. The Labute approximate surface area is 105 Å². The summed E-state index contributed by atoms with van der Waals surface area (Å²) < 4.78 is 38.5. The lowest BCUT2D eigenvalue weighted by Gasteiger charge is -2.05. The Morgan fingerprint density at radius 2 is 1.78 bits per heavy atom. The molecule has 0 bridgehead atoms. The SMILES string of the molecule is COc1ccc2cc(CCS(=O)(=O)F)ccc2c1. The highest BCUT2D eigenvalue weighted by Gasteiger charge is 2.07. The van der Waals surface area contributed by atoms with Gasteiger partial charge < -0.3 is 4.74 Å². The molecule has 0 N–H and O–H groups in total. The highest BCUT2D eigenvalue weighted by atomic mass is 32.3. The Bertz CT molecular complexity index is 665. The first-order chi connectivity index (χ1) is 8.48. The Balaban J connectivity index is 2.28. The maximum absolute atomic E-state index is 12.4. The number of hydrogen-bond donors (Lipinski definition) is 0. The molecule has 0 aliphatic heterocycles. The van der Waals surface area contributed by atoms with Crippen LogP contribution in [0.1, 0.15) is 5.56 Å². The third-order valence-corrected chi connectivity index (χ3v) is 3.44. The largest absolute Gasteiger partial charge is 0.497 e. The molecule has 3 nitrogen and oxygen atoms in total. The number of benzene rings is 2. The fraction of sp³-hybridized carbons (Fsp3) is 0.231. The number of hydrogen-bond acceptors (Lipinski definition) is 3. The van der Waals surface area contributed by atoms with Gasteiger partial charge in [-0.15, -0.1) is 3.89 Å². The lowest BCUT2D eigenvalue weighted by Crippen LogP contribution is -2.01. The summed E-state index contributed by atoms with van der Waals surface area (Å²) in [6.45, 7) is 0. The summed E-state index contributed by atoms with van der Waals surface area (Å²) >= 11 is 0. The van der Waals surface area contributed by atoms with Crippen molar-refractivity contribution in [2.24, 2.45) is 0 Å². The summed E-state index contributed by atoms with van der Waals surface area (Å²) in [5.74, 6) is 0.288. The van der Waals surface area contributed by atoms with Crippen molar-refractivity contribution in [1.82, 2.24) is 0 Å². The topological polar surface area (TPSA) is 43.4 Å². The van der Waals surface area contributed by atoms with Crippen LogP contribution in [0.25, 0.3) is 10.8 Å². The maximum atomic E-state index is 12.4. The lowest BCUT2D eigenvalue weighted by atomic mass is 10.1. The van der Waals surface area contributed by atoms with Gasteiger partial charge in [0.05, 0.1) is 12.9 Å². The molecule has 0 aliphatic carbocycles. The Kier molecular flexibility index (Phi) is 3.52. The monoisotopic (exact) mass is 268 g/mol. The van der Waals surface area contributed by atoms with Gasteiger partial charge in [-0.3, -0.25) is 0 Å². The first-order valence-corrected chi connectivity index (χ1v) is 7.02. The van der Waals surface area contributed by atoms with E-state index >= 15 is 0 Å². The molecule has 0 atom stereocenters. The number of fused-ring (bicyclic) bond motifs is 1. The molecule has 0 aliphatic rings. The Hall–Kier alpha value is -1.62. The summed E-state index contributed by atoms with van der Waals surface area (Å²) in [5.41, 5.74) is 0.800. The lowest BCUT2D eigenvalue weighted by molar-refractivity contribution is 0.415. The zero-order valence-electron chi connectivity index (χ0n) is 9.89. The van der Waals surface area contributed by atoms with E-state index in [2.05, 4.69) is 0 Å². The van der Waals surface area contributed by atoms with Crippen molar-refractivity contribution in [3.8, 4) is 5.75 Å². The summed E-state index contributed by atoms with van der Waals surface area (Å²) in [5, 5.41) is 1.98. The van der Waals surface area contributed by atoms with Gasteiger partial charge in [0, 0.05) is 0 Å². The van der Waals surface area contributed by atoms with E-state index in [1.807, 2.05) is 30.3 Å². The molecule has 0 unspecified atom stereocenters. The van der Waals surface area contributed by atoms with Crippen molar-refractivity contribution >= 4 is 21.0 Å². The third-order valence-electron chi connectivity index (χ3n) is 2.75. The number of ether oxygens (including phenoxy) is 1. The fourth-order valence-electron chi connectivity index (χ4n) is 1.80. The molecule has 96 valence electrons. The summed E-state index contributed by atoms with van der Waals surface area (Å²) in [7, 11) is -2.81. The van der Waals surface area contributed by atoms with Crippen molar-refractivity contribution < 1.29 is 17.0 Å². The molecule has 0 saturated heterocycles. The van der Waals surface area contributed by atoms with Crippen molar-refractivity contribution in [3.63, 3.8) is 0 Å². The van der Waals surface area contributed by atoms with Gasteiger partial charge in [-0.05, 0) is 34.9 Å². The zero-order chi connectivity index (χ0) is 13.2.